The highest BCUT2D eigenvalue weighted by molar-refractivity contribution is 6.16. The van der Waals surface area contributed by atoms with E-state index in [9.17, 15) is 14.4 Å². The van der Waals surface area contributed by atoms with Crippen molar-refractivity contribution in [3.05, 3.63) is 199 Å². The summed E-state index contributed by atoms with van der Waals surface area (Å²) in [5, 5.41) is 13.1. The van der Waals surface area contributed by atoms with Crippen LogP contribution in [0.3, 0.4) is 0 Å². The van der Waals surface area contributed by atoms with Gasteiger partial charge in [0.05, 0.1) is 0 Å². The number of carbonyl (C=O) groups excluding carboxylic acids is 3. The van der Waals surface area contributed by atoms with E-state index in [1.807, 2.05) is 112 Å². The second kappa shape index (κ2) is 16.2. The second-order valence-corrected chi connectivity index (χ2v) is 16.1. The Morgan fingerprint density at radius 2 is 0.508 bits per heavy atom. The SMILES string of the molecule is CCN(C(=O)c1cc(C(=O)N(CC)c2ccc3cc4ccccc4cc3c2)cc(C(=O)N(CC)c2ccc3cc4ccccc4cc3c2)c1)c1ccc2cc3ccccc3cc2c1. The molecule has 10 aromatic carbocycles. The number of rotatable bonds is 9. The van der Waals surface area contributed by atoms with Crippen molar-refractivity contribution in [3.63, 3.8) is 0 Å². The number of benzene rings is 10. The molecule has 63 heavy (non-hydrogen) atoms. The van der Waals surface area contributed by atoms with Crippen molar-refractivity contribution in [2.75, 3.05) is 34.3 Å². The third kappa shape index (κ3) is 7.29. The molecule has 0 aromatic heterocycles. The number of carbonyl (C=O) groups is 3. The first kappa shape index (κ1) is 39.3. The van der Waals surface area contributed by atoms with E-state index in [2.05, 4.69) is 72.8 Å². The zero-order valence-electron chi connectivity index (χ0n) is 35.5. The highest BCUT2D eigenvalue weighted by Crippen LogP contribution is 2.32. The van der Waals surface area contributed by atoms with Crippen molar-refractivity contribution < 1.29 is 14.4 Å². The quantitative estimate of drug-likeness (QED) is 0.136. The summed E-state index contributed by atoms with van der Waals surface area (Å²) in [7, 11) is 0. The summed E-state index contributed by atoms with van der Waals surface area (Å²) in [5.74, 6) is -0.909. The first-order chi connectivity index (χ1) is 30.8. The molecule has 10 rings (SSSR count). The van der Waals surface area contributed by atoms with Crippen molar-refractivity contribution in [3.8, 4) is 0 Å². The average molecular weight is 820 g/mol. The highest BCUT2D eigenvalue weighted by atomic mass is 16.2. The number of amides is 3. The van der Waals surface area contributed by atoms with Crippen LogP contribution in [0.25, 0.3) is 64.6 Å². The van der Waals surface area contributed by atoms with E-state index in [-0.39, 0.29) is 34.4 Å². The predicted molar refractivity (Wildman–Crippen MR) is 263 cm³/mol. The lowest BCUT2D eigenvalue weighted by Gasteiger charge is -2.26. The van der Waals surface area contributed by atoms with E-state index < -0.39 is 0 Å². The fraction of sp³-hybridized carbons (Fsp3) is 0.105. The molecule has 0 saturated heterocycles. The summed E-state index contributed by atoms with van der Waals surface area (Å²) < 4.78 is 0. The van der Waals surface area contributed by atoms with Crippen LogP contribution in [0, 0.1) is 0 Å². The predicted octanol–water partition coefficient (Wildman–Crippen LogP) is 13.6. The molecule has 0 radical (unpaired) electrons. The zero-order valence-corrected chi connectivity index (χ0v) is 35.5. The highest BCUT2D eigenvalue weighted by Gasteiger charge is 2.26. The molecule has 0 heterocycles. The molecule has 3 amide bonds. The number of fused-ring (bicyclic) bond motifs is 6. The van der Waals surface area contributed by atoms with Crippen LogP contribution in [0.1, 0.15) is 51.8 Å². The Labute approximate surface area is 366 Å². The largest absolute Gasteiger partial charge is 0.309 e. The first-order valence-corrected chi connectivity index (χ1v) is 21.7. The Morgan fingerprint density at radius 3 is 0.746 bits per heavy atom. The minimum absolute atomic E-state index is 0.256. The van der Waals surface area contributed by atoms with Crippen molar-refractivity contribution in [1.29, 1.82) is 0 Å². The molecule has 0 spiro atoms. The Morgan fingerprint density at radius 1 is 0.286 bits per heavy atom. The van der Waals surface area contributed by atoms with E-state index >= 15 is 0 Å². The number of nitrogens with zero attached hydrogens (tertiary/aromatic N) is 3. The number of hydrogen-bond donors (Lipinski definition) is 0. The van der Waals surface area contributed by atoms with Crippen molar-refractivity contribution in [2.45, 2.75) is 20.8 Å². The normalized spacial score (nSPS) is 11.5. The van der Waals surface area contributed by atoms with Crippen LogP contribution in [0.4, 0.5) is 17.1 Å². The third-order valence-electron chi connectivity index (χ3n) is 12.4. The first-order valence-electron chi connectivity index (χ1n) is 21.7. The second-order valence-electron chi connectivity index (χ2n) is 16.1. The molecule has 0 bridgehead atoms. The van der Waals surface area contributed by atoms with Crippen LogP contribution < -0.4 is 14.7 Å². The smallest absolute Gasteiger partial charge is 0.258 e. The van der Waals surface area contributed by atoms with Gasteiger partial charge in [-0.2, -0.15) is 0 Å². The summed E-state index contributed by atoms with van der Waals surface area (Å²) in [6, 6.07) is 60.7. The fourth-order valence-electron chi connectivity index (χ4n) is 9.08. The van der Waals surface area contributed by atoms with Crippen molar-refractivity contribution in [2.24, 2.45) is 0 Å². The molecular formula is C57H45N3O3. The van der Waals surface area contributed by atoms with Gasteiger partial charge < -0.3 is 14.7 Å². The van der Waals surface area contributed by atoms with Crippen LogP contribution in [0.5, 0.6) is 0 Å². The Hall–Kier alpha value is -7.83. The maximum Gasteiger partial charge on any atom is 0.258 e. The van der Waals surface area contributed by atoms with Gasteiger partial charge in [-0.05, 0) is 176 Å². The molecule has 0 unspecified atom stereocenters. The maximum atomic E-state index is 14.9. The minimum atomic E-state index is -0.303. The topological polar surface area (TPSA) is 60.9 Å². The van der Waals surface area contributed by atoms with E-state index in [0.29, 0.717) is 19.6 Å². The summed E-state index contributed by atoms with van der Waals surface area (Å²) in [6.45, 7) is 6.93. The van der Waals surface area contributed by atoms with Crippen LogP contribution in [0.15, 0.2) is 182 Å². The van der Waals surface area contributed by atoms with Gasteiger partial charge in [0.1, 0.15) is 0 Å². The molecule has 0 aliphatic heterocycles. The van der Waals surface area contributed by atoms with Crippen LogP contribution >= 0.6 is 0 Å². The lowest BCUT2D eigenvalue weighted by molar-refractivity contribution is 0.0987. The van der Waals surface area contributed by atoms with Crippen LogP contribution in [0.2, 0.25) is 0 Å². The lowest BCUT2D eigenvalue weighted by Crippen LogP contribution is -2.34. The number of hydrogen-bond acceptors (Lipinski definition) is 3. The maximum absolute atomic E-state index is 14.9. The molecule has 0 fully saturated rings. The Balaban J connectivity index is 1.06. The van der Waals surface area contributed by atoms with Crippen molar-refractivity contribution >= 4 is 99.4 Å². The van der Waals surface area contributed by atoms with E-state index in [1.54, 1.807) is 32.9 Å². The van der Waals surface area contributed by atoms with Gasteiger partial charge >= 0.3 is 0 Å². The summed E-state index contributed by atoms with van der Waals surface area (Å²) >= 11 is 0. The summed E-state index contributed by atoms with van der Waals surface area (Å²) in [5.41, 5.74) is 2.96. The molecule has 0 atom stereocenters. The fourth-order valence-corrected chi connectivity index (χ4v) is 9.08. The summed E-state index contributed by atoms with van der Waals surface area (Å²) in [4.78, 5) is 49.8. The Bertz CT molecular complexity index is 3090. The molecule has 10 aromatic rings. The third-order valence-corrected chi connectivity index (χ3v) is 12.4. The molecule has 0 aliphatic carbocycles. The van der Waals surface area contributed by atoms with Gasteiger partial charge in [-0.3, -0.25) is 14.4 Å². The van der Waals surface area contributed by atoms with Gasteiger partial charge in [-0.15, -0.1) is 0 Å². The van der Waals surface area contributed by atoms with Gasteiger partial charge in [0.15, 0.2) is 0 Å². The molecule has 0 saturated carbocycles. The molecule has 6 nitrogen and oxygen atoms in total. The van der Waals surface area contributed by atoms with Crippen LogP contribution in [-0.2, 0) is 0 Å². The summed E-state index contributed by atoms with van der Waals surface area (Å²) in [6.07, 6.45) is 0. The van der Waals surface area contributed by atoms with Gasteiger partial charge in [-0.25, -0.2) is 0 Å². The molecular weight excluding hydrogens is 775 g/mol. The molecule has 306 valence electrons. The Kier molecular flexibility index (Phi) is 10.1. The monoisotopic (exact) mass is 819 g/mol. The molecule has 6 heteroatoms. The van der Waals surface area contributed by atoms with Crippen molar-refractivity contribution in [1.82, 2.24) is 0 Å². The van der Waals surface area contributed by atoms with Gasteiger partial charge in [0, 0.05) is 53.4 Å². The minimum Gasteiger partial charge on any atom is -0.309 e. The van der Waals surface area contributed by atoms with Gasteiger partial charge in [-0.1, -0.05) is 91.0 Å². The molecule has 0 N–H and O–H groups in total. The standard InChI is InChI=1S/C57H45N3O3/c1-4-58(52-22-19-43-25-37-13-7-10-16-40(37)28-46(43)34-52)55(61)49-31-50(56(62)59(5-2)53-23-20-44-26-38-14-8-11-17-41(38)29-47(44)35-53)33-51(32-49)57(63)60(6-3)54-24-21-45-27-39-15-9-12-18-42(39)30-48(45)36-54/h7-36H,4-6H2,1-3H3. The van der Waals surface area contributed by atoms with Crippen LogP contribution in [-0.4, -0.2) is 37.4 Å². The zero-order chi connectivity index (χ0) is 43.2. The van der Waals surface area contributed by atoms with E-state index in [1.165, 1.54) is 0 Å². The average Bonchev–Trinajstić information content (AvgIpc) is 3.32. The van der Waals surface area contributed by atoms with E-state index in [4.69, 9.17) is 0 Å². The van der Waals surface area contributed by atoms with Gasteiger partial charge in [0.25, 0.3) is 17.7 Å². The molecule has 0 aliphatic rings. The van der Waals surface area contributed by atoms with E-state index in [0.717, 1.165) is 81.7 Å². The number of anilines is 3. The lowest BCUT2D eigenvalue weighted by atomic mass is 10.00. The van der Waals surface area contributed by atoms with Gasteiger partial charge in [0.2, 0.25) is 0 Å².